The van der Waals surface area contributed by atoms with Crippen LogP contribution in [0.25, 0.3) is 0 Å². The lowest BCUT2D eigenvalue weighted by molar-refractivity contribution is -0.146. The number of carbonyl (C=O) groups is 2. The highest BCUT2D eigenvalue weighted by atomic mass is 79.9. The molecule has 1 unspecified atom stereocenters. The van der Waals surface area contributed by atoms with Gasteiger partial charge in [0.05, 0.1) is 4.47 Å². The van der Waals surface area contributed by atoms with Crippen LogP contribution < -0.4 is 4.74 Å². The van der Waals surface area contributed by atoms with E-state index in [1.165, 1.54) is 32.2 Å². The van der Waals surface area contributed by atoms with Crippen LogP contribution in [0.5, 0.6) is 5.75 Å². The van der Waals surface area contributed by atoms with Crippen LogP contribution in [0.3, 0.4) is 0 Å². The number of carbonyl (C=O) groups excluding carboxylic acids is 1. The molecule has 0 saturated heterocycles. The number of carboxylic acid groups (broad SMARTS) is 1. The van der Waals surface area contributed by atoms with Crippen LogP contribution in [0.1, 0.15) is 6.92 Å². The van der Waals surface area contributed by atoms with Gasteiger partial charge in [-0.25, -0.2) is 4.39 Å². The zero-order chi connectivity index (χ0) is 14.6. The fraction of sp³-hybridized carbons (Fsp3) is 0.333. The van der Waals surface area contributed by atoms with E-state index >= 15 is 0 Å². The third-order valence-corrected chi connectivity index (χ3v) is 2.91. The van der Waals surface area contributed by atoms with E-state index in [1.807, 2.05) is 0 Å². The third-order valence-electron chi connectivity index (χ3n) is 2.29. The Balaban J connectivity index is 2.70. The summed E-state index contributed by atoms with van der Waals surface area (Å²) in [6, 6.07) is 3.81. The molecule has 19 heavy (non-hydrogen) atoms. The standard InChI is InChI=1S/C12H13BrFNO4/c1-7(12(18)15(2)6-11(16)17)19-10-4-3-8(14)5-9(10)13/h3-5,7H,6H2,1-2H3,(H,16,17). The van der Waals surface area contributed by atoms with Crippen molar-refractivity contribution in [2.24, 2.45) is 0 Å². The van der Waals surface area contributed by atoms with Gasteiger partial charge in [-0.1, -0.05) is 0 Å². The van der Waals surface area contributed by atoms with Gasteiger partial charge in [0.25, 0.3) is 5.91 Å². The molecular formula is C12H13BrFNO4. The molecule has 0 heterocycles. The number of likely N-dealkylation sites (N-methyl/N-ethyl adjacent to an activating group) is 1. The maximum absolute atomic E-state index is 12.9. The fourth-order valence-corrected chi connectivity index (χ4v) is 1.85. The van der Waals surface area contributed by atoms with Crippen LogP contribution >= 0.6 is 15.9 Å². The van der Waals surface area contributed by atoms with Crippen molar-refractivity contribution in [1.29, 1.82) is 0 Å². The molecule has 1 rings (SSSR count). The summed E-state index contributed by atoms with van der Waals surface area (Å²) in [6.07, 6.45) is -0.869. The van der Waals surface area contributed by atoms with Gasteiger partial charge < -0.3 is 14.7 Å². The normalized spacial score (nSPS) is 11.8. The first kappa shape index (κ1) is 15.4. The van der Waals surface area contributed by atoms with E-state index in [4.69, 9.17) is 9.84 Å². The van der Waals surface area contributed by atoms with Crippen LogP contribution in [0, 0.1) is 5.82 Å². The highest BCUT2D eigenvalue weighted by molar-refractivity contribution is 9.10. The van der Waals surface area contributed by atoms with Crippen LogP contribution in [-0.2, 0) is 9.59 Å². The summed E-state index contributed by atoms with van der Waals surface area (Å²) in [4.78, 5) is 23.4. The smallest absolute Gasteiger partial charge is 0.323 e. The van der Waals surface area contributed by atoms with Crippen molar-refractivity contribution in [3.05, 3.63) is 28.5 Å². The minimum absolute atomic E-state index is 0.311. The highest BCUT2D eigenvalue weighted by Gasteiger charge is 2.21. The van der Waals surface area contributed by atoms with Crippen molar-refractivity contribution in [1.82, 2.24) is 4.90 Å². The van der Waals surface area contributed by atoms with E-state index in [9.17, 15) is 14.0 Å². The molecule has 1 amide bonds. The van der Waals surface area contributed by atoms with E-state index < -0.39 is 30.3 Å². The first-order valence-electron chi connectivity index (χ1n) is 5.39. The molecule has 0 bridgehead atoms. The molecule has 0 aliphatic heterocycles. The summed E-state index contributed by atoms with van der Waals surface area (Å²) in [5, 5.41) is 8.60. The second-order valence-corrected chi connectivity index (χ2v) is 4.78. The predicted molar refractivity (Wildman–Crippen MR) is 69.5 cm³/mol. The Morgan fingerprint density at radius 2 is 2.16 bits per heavy atom. The SMILES string of the molecule is CC(Oc1ccc(F)cc1Br)C(=O)N(C)CC(=O)O. The predicted octanol–water partition coefficient (Wildman–Crippen LogP) is 1.90. The van der Waals surface area contributed by atoms with Crippen molar-refractivity contribution in [2.75, 3.05) is 13.6 Å². The zero-order valence-electron chi connectivity index (χ0n) is 10.4. The van der Waals surface area contributed by atoms with Crippen molar-refractivity contribution in [2.45, 2.75) is 13.0 Å². The summed E-state index contributed by atoms with van der Waals surface area (Å²) in [6.45, 7) is 1.09. The first-order chi connectivity index (χ1) is 8.81. The minimum atomic E-state index is -1.11. The number of halogens is 2. The number of amides is 1. The molecule has 1 aromatic rings. The second-order valence-electron chi connectivity index (χ2n) is 3.92. The molecule has 0 radical (unpaired) electrons. The summed E-state index contributed by atoms with van der Waals surface area (Å²) in [7, 11) is 1.37. The Hall–Kier alpha value is -1.63. The lowest BCUT2D eigenvalue weighted by atomic mass is 10.3. The zero-order valence-corrected chi connectivity index (χ0v) is 12.0. The van der Waals surface area contributed by atoms with Crippen molar-refractivity contribution in [3.8, 4) is 5.75 Å². The molecule has 0 aromatic heterocycles. The molecule has 0 aliphatic carbocycles. The van der Waals surface area contributed by atoms with Gasteiger partial charge in [-0.3, -0.25) is 9.59 Å². The van der Waals surface area contributed by atoms with Crippen molar-refractivity contribution >= 4 is 27.8 Å². The van der Waals surface area contributed by atoms with Gasteiger partial charge in [-0.05, 0) is 41.1 Å². The molecule has 0 fully saturated rings. The van der Waals surface area contributed by atoms with Gasteiger partial charge in [0.1, 0.15) is 18.1 Å². The van der Waals surface area contributed by atoms with Crippen LogP contribution in [-0.4, -0.2) is 41.6 Å². The number of aliphatic carboxylic acids is 1. The van der Waals surface area contributed by atoms with E-state index in [0.717, 1.165) is 4.90 Å². The number of ether oxygens (including phenoxy) is 1. The molecular weight excluding hydrogens is 321 g/mol. The van der Waals surface area contributed by atoms with E-state index in [0.29, 0.717) is 10.2 Å². The largest absolute Gasteiger partial charge is 0.480 e. The fourth-order valence-electron chi connectivity index (χ4n) is 1.40. The molecule has 104 valence electrons. The Bertz CT molecular complexity index is 495. The van der Waals surface area contributed by atoms with Crippen molar-refractivity contribution in [3.63, 3.8) is 0 Å². The molecule has 0 spiro atoms. The van der Waals surface area contributed by atoms with E-state index in [2.05, 4.69) is 15.9 Å². The van der Waals surface area contributed by atoms with Gasteiger partial charge in [0, 0.05) is 7.05 Å². The number of hydrogen-bond acceptors (Lipinski definition) is 3. The van der Waals surface area contributed by atoms with E-state index in [1.54, 1.807) is 0 Å². The quantitative estimate of drug-likeness (QED) is 0.893. The number of hydrogen-bond donors (Lipinski definition) is 1. The average molecular weight is 334 g/mol. The molecule has 1 N–H and O–H groups in total. The topological polar surface area (TPSA) is 66.8 Å². The third kappa shape index (κ3) is 4.51. The summed E-state index contributed by atoms with van der Waals surface area (Å²) in [5.41, 5.74) is 0. The van der Waals surface area contributed by atoms with Gasteiger partial charge in [0.15, 0.2) is 6.10 Å². The Morgan fingerprint density at radius 1 is 1.53 bits per heavy atom. The molecule has 1 atom stereocenters. The van der Waals surface area contributed by atoms with Gasteiger partial charge in [-0.2, -0.15) is 0 Å². The van der Waals surface area contributed by atoms with Gasteiger partial charge >= 0.3 is 5.97 Å². The van der Waals surface area contributed by atoms with Crippen LogP contribution in [0.4, 0.5) is 4.39 Å². The van der Waals surface area contributed by atoms with Crippen molar-refractivity contribution < 1.29 is 23.8 Å². The molecule has 1 aromatic carbocycles. The summed E-state index contributed by atoms with van der Waals surface area (Å²) in [5.74, 6) is -1.70. The lowest BCUT2D eigenvalue weighted by Crippen LogP contribution is -2.40. The summed E-state index contributed by atoms with van der Waals surface area (Å²) < 4.78 is 18.6. The number of rotatable bonds is 5. The maximum Gasteiger partial charge on any atom is 0.323 e. The monoisotopic (exact) mass is 333 g/mol. The Kier molecular flexibility index (Phi) is 5.29. The van der Waals surface area contributed by atoms with E-state index in [-0.39, 0.29) is 0 Å². The molecule has 5 nitrogen and oxygen atoms in total. The molecule has 0 aliphatic rings. The molecule has 0 saturated carbocycles. The van der Waals surface area contributed by atoms with Crippen LogP contribution in [0.15, 0.2) is 22.7 Å². The Labute approximate surface area is 118 Å². The lowest BCUT2D eigenvalue weighted by Gasteiger charge is -2.21. The first-order valence-corrected chi connectivity index (χ1v) is 6.19. The number of nitrogens with zero attached hydrogens (tertiary/aromatic N) is 1. The number of carboxylic acids is 1. The van der Waals surface area contributed by atoms with Gasteiger partial charge in [-0.15, -0.1) is 0 Å². The second kappa shape index (κ2) is 6.51. The minimum Gasteiger partial charge on any atom is -0.480 e. The van der Waals surface area contributed by atoms with Crippen LogP contribution in [0.2, 0.25) is 0 Å². The average Bonchev–Trinajstić information content (AvgIpc) is 2.30. The van der Waals surface area contributed by atoms with Gasteiger partial charge in [0.2, 0.25) is 0 Å². The maximum atomic E-state index is 12.9. The number of benzene rings is 1. The Morgan fingerprint density at radius 3 is 2.68 bits per heavy atom. The molecule has 7 heteroatoms. The highest BCUT2D eigenvalue weighted by Crippen LogP contribution is 2.26. The summed E-state index contributed by atoms with van der Waals surface area (Å²) >= 11 is 3.12.